The summed E-state index contributed by atoms with van der Waals surface area (Å²) in [5, 5.41) is 0. The van der Waals surface area contributed by atoms with Crippen LogP contribution in [0.3, 0.4) is 0 Å². The number of rotatable bonds is 7. The first-order chi connectivity index (χ1) is 9.83. The van der Waals surface area contributed by atoms with E-state index in [1.807, 2.05) is 0 Å². The Balaban J connectivity index is 1.82. The van der Waals surface area contributed by atoms with E-state index >= 15 is 0 Å². The third kappa shape index (κ3) is 4.42. The highest BCUT2D eigenvalue weighted by Gasteiger charge is 2.20. The van der Waals surface area contributed by atoms with E-state index in [0.29, 0.717) is 12.6 Å². The number of hydrogen-bond donors (Lipinski definition) is 1. The van der Waals surface area contributed by atoms with E-state index in [9.17, 15) is 0 Å². The molecule has 2 N–H and O–H groups in total. The van der Waals surface area contributed by atoms with Crippen molar-refractivity contribution in [3.05, 3.63) is 18.1 Å². The van der Waals surface area contributed by atoms with Crippen LogP contribution in [0, 0.1) is 0 Å². The second-order valence-electron chi connectivity index (χ2n) is 5.32. The SMILES string of the molecule is CCCc1cc(N2CCC(OCCCN)CC2)ncn1. The Morgan fingerprint density at radius 3 is 2.85 bits per heavy atom. The van der Waals surface area contributed by atoms with Gasteiger partial charge in [-0.2, -0.15) is 0 Å². The first kappa shape index (κ1) is 15.2. The Kier molecular flexibility index (Phi) is 6.21. The summed E-state index contributed by atoms with van der Waals surface area (Å²) in [4.78, 5) is 11.1. The topological polar surface area (TPSA) is 64.3 Å². The fourth-order valence-electron chi connectivity index (χ4n) is 2.54. The summed E-state index contributed by atoms with van der Waals surface area (Å²) >= 11 is 0. The van der Waals surface area contributed by atoms with E-state index in [1.54, 1.807) is 6.33 Å². The van der Waals surface area contributed by atoms with E-state index < -0.39 is 0 Å². The minimum absolute atomic E-state index is 0.384. The van der Waals surface area contributed by atoms with Gasteiger partial charge in [-0.05, 0) is 32.2 Å². The van der Waals surface area contributed by atoms with Gasteiger partial charge in [-0.15, -0.1) is 0 Å². The van der Waals surface area contributed by atoms with Gasteiger partial charge in [0.2, 0.25) is 0 Å². The van der Waals surface area contributed by atoms with Crippen LogP contribution in [0.1, 0.15) is 38.3 Å². The number of nitrogens with zero attached hydrogens (tertiary/aromatic N) is 3. The van der Waals surface area contributed by atoms with E-state index in [2.05, 4.69) is 27.9 Å². The average molecular weight is 278 g/mol. The third-order valence-electron chi connectivity index (χ3n) is 3.68. The molecule has 1 aromatic heterocycles. The molecule has 0 atom stereocenters. The molecule has 2 heterocycles. The maximum Gasteiger partial charge on any atom is 0.132 e. The lowest BCUT2D eigenvalue weighted by Crippen LogP contribution is -2.37. The predicted octanol–water partition coefficient (Wildman–Crippen LogP) is 1.76. The van der Waals surface area contributed by atoms with Crippen LogP contribution in [0.2, 0.25) is 0 Å². The highest BCUT2D eigenvalue weighted by Crippen LogP contribution is 2.20. The molecule has 2 rings (SSSR count). The van der Waals surface area contributed by atoms with Crippen molar-refractivity contribution in [2.45, 2.75) is 45.1 Å². The van der Waals surface area contributed by atoms with Crippen molar-refractivity contribution in [1.29, 1.82) is 0 Å². The minimum atomic E-state index is 0.384. The number of aryl methyl sites for hydroxylation is 1. The zero-order chi connectivity index (χ0) is 14.2. The maximum atomic E-state index is 5.83. The lowest BCUT2D eigenvalue weighted by Gasteiger charge is -2.32. The van der Waals surface area contributed by atoms with Gasteiger partial charge in [-0.3, -0.25) is 0 Å². The molecule has 1 saturated heterocycles. The molecule has 1 aliphatic rings. The molecule has 0 radical (unpaired) electrons. The minimum Gasteiger partial charge on any atom is -0.378 e. The second kappa shape index (κ2) is 8.17. The molecule has 0 amide bonds. The fraction of sp³-hybridized carbons (Fsp3) is 0.733. The van der Waals surface area contributed by atoms with E-state index in [-0.39, 0.29) is 0 Å². The summed E-state index contributed by atoms with van der Waals surface area (Å²) in [6.45, 7) is 5.69. The van der Waals surface area contributed by atoms with Crippen LogP contribution in [0.25, 0.3) is 0 Å². The highest BCUT2D eigenvalue weighted by molar-refractivity contribution is 5.39. The number of hydrogen-bond acceptors (Lipinski definition) is 5. The van der Waals surface area contributed by atoms with Crippen molar-refractivity contribution in [3.8, 4) is 0 Å². The normalized spacial score (nSPS) is 16.6. The monoisotopic (exact) mass is 278 g/mol. The molecule has 0 aromatic carbocycles. The summed E-state index contributed by atoms with van der Waals surface area (Å²) in [7, 11) is 0. The van der Waals surface area contributed by atoms with Gasteiger partial charge in [0.15, 0.2) is 0 Å². The number of nitrogens with two attached hydrogens (primary N) is 1. The van der Waals surface area contributed by atoms with Gasteiger partial charge in [-0.1, -0.05) is 13.3 Å². The standard InChI is InChI=1S/C15H26N4O/c1-2-4-13-11-15(18-12-17-13)19-8-5-14(6-9-19)20-10-3-7-16/h11-12,14H,2-10,16H2,1H3. The number of piperidine rings is 1. The van der Waals surface area contributed by atoms with Gasteiger partial charge in [0, 0.05) is 31.5 Å². The van der Waals surface area contributed by atoms with Gasteiger partial charge in [-0.25, -0.2) is 9.97 Å². The fourth-order valence-corrected chi connectivity index (χ4v) is 2.54. The Morgan fingerprint density at radius 2 is 2.15 bits per heavy atom. The predicted molar refractivity (Wildman–Crippen MR) is 80.9 cm³/mol. The molecule has 0 bridgehead atoms. The Hall–Kier alpha value is -1.20. The van der Waals surface area contributed by atoms with Crippen LogP contribution in [-0.2, 0) is 11.2 Å². The molecule has 1 aromatic rings. The Bertz CT molecular complexity index is 391. The molecular formula is C15H26N4O. The molecule has 0 saturated carbocycles. The van der Waals surface area contributed by atoms with E-state index in [0.717, 1.165) is 63.3 Å². The molecule has 5 nitrogen and oxygen atoms in total. The summed E-state index contributed by atoms with van der Waals surface area (Å²) in [6.07, 6.45) is 7.29. The van der Waals surface area contributed by atoms with Crippen LogP contribution < -0.4 is 10.6 Å². The second-order valence-corrected chi connectivity index (χ2v) is 5.32. The summed E-state index contributed by atoms with van der Waals surface area (Å²) in [6, 6.07) is 2.12. The van der Waals surface area contributed by atoms with Gasteiger partial charge in [0.25, 0.3) is 0 Å². The van der Waals surface area contributed by atoms with Crippen molar-refractivity contribution >= 4 is 5.82 Å². The third-order valence-corrected chi connectivity index (χ3v) is 3.68. The molecule has 1 aliphatic heterocycles. The first-order valence-electron chi connectivity index (χ1n) is 7.71. The highest BCUT2D eigenvalue weighted by atomic mass is 16.5. The van der Waals surface area contributed by atoms with Crippen molar-refractivity contribution in [2.24, 2.45) is 5.73 Å². The number of aromatic nitrogens is 2. The lowest BCUT2D eigenvalue weighted by atomic mass is 10.1. The van der Waals surface area contributed by atoms with Crippen molar-refractivity contribution in [1.82, 2.24) is 9.97 Å². The summed E-state index contributed by atoms with van der Waals surface area (Å²) < 4.78 is 5.83. The van der Waals surface area contributed by atoms with Crippen LogP contribution in [0.15, 0.2) is 12.4 Å². The summed E-state index contributed by atoms with van der Waals surface area (Å²) in [5.74, 6) is 1.06. The maximum absolute atomic E-state index is 5.83. The Labute approximate surface area is 121 Å². The largest absolute Gasteiger partial charge is 0.378 e. The van der Waals surface area contributed by atoms with Gasteiger partial charge < -0.3 is 15.4 Å². The molecule has 1 fully saturated rings. The molecule has 112 valence electrons. The first-order valence-corrected chi connectivity index (χ1v) is 7.71. The van der Waals surface area contributed by atoms with Crippen LogP contribution in [0.5, 0.6) is 0 Å². The molecule has 20 heavy (non-hydrogen) atoms. The molecule has 0 unspecified atom stereocenters. The molecule has 0 aliphatic carbocycles. The smallest absolute Gasteiger partial charge is 0.132 e. The van der Waals surface area contributed by atoms with Gasteiger partial charge in [0.1, 0.15) is 12.1 Å². The number of ether oxygens (including phenoxy) is 1. The van der Waals surface area contributed by atoms with Gasteiger partial charge in [0.05, 0.1) is 6.10 Å². The van der Waals surface area contributed by atoms with Gasteiger partial charge >= 0.3 is 0 Å². The number of anilines is 1. The molecular weight excluding hydrogens is 252 g/mol. The quantitative estimate of drug-likeness (QED) is 0.770. The van der Waals surface area contributed by atoms with E-state index in [4.69, 9.17) is 10.5 Å². The van der Waals surface area contributed by atoms with E-state index in [1.165, 1.54) is 0 Å². The average Bonchev–Trinajstić information content (AvgIpc) is 2.49. The zero-order valence-electron chi connectivity index (χ0n) is 12.4. The van der Waals surface area contributed by atoms with Crippen LogP contribution in [0.4, 0.5) is 5.82 Å². The van der Waals surface area contributed by atoms with Crippen LogP contribution in [-0.4, -0.2) is 42.3 Å². The van der Waals surface area contributed by atoms with Crippen molar-refractivity contribution in [2.75, 3.05) is 31.1 Å². The molecule has 5 heteroatoms. The lowest BCUT2D eigenvalue weighted by molar-refractivity contribution is 0.0365. The Morgan fingerprint density at radius 1 is 1.35 bits per heavy atom. The van der Waals surface area contributed by atoms with Crippen molar-refractivity contribution < 1.29 is 4.74 Å². The zero-order valence-corrected chi connectivity index (χ0v) is 12.4. The van der Waals surface area contributed by atoms with Crippen molar-refractivity contribution in [3.63, 3.8) is 0 Å². The summed E-state index contributed by atoms with van der Waals surface area (Å²) in [5.41, 5.74) is 6.62. The van der Waals surface area contributed by atoms with Crippen LogP contribution >= 0.6 is 0 Å². The molecule has 0 spiro atoms.